The van der Waals surface area contributed by atoms with Crippen molar-refractivity contribution in [1.29, 1.82) is 0 Å². The van der Waals surface area contributed by atoms with E-state index in [0.717, 1.165) is 25.4 Å². The van der Waals surface area contributed by atoms with E-state index >= 15 is 0 Å². The molecule has 2 aliphatic rings. The molecule has 2 aliphatic heterocycles. The van der Waals surface area contributed by atoms with E-state index in [1.807, 2.05) is 18.5 Å². The van der Waals surface area contributed by atoms with Crippen molar-refractivity contribution in [2.45, 2.75) is 25.8 Å². The van der Waals surface area contributed by atoms with Crippen molar-refractivity contribution in [2.24, 2.45) is 5.41 Å². The molecule has 0 N–H and O–H groups in total. The van der Waals surface area contributed by atoms with Crippen LogP contribution in [0, 0.1) is 5.41 Å². The summed E-state index contributed by atoms with van der Waals surface area (Å²) in [6.45, 7) is 7.82. The molecule has 1 atom stereocenters. The zero-order valence-electron chi connectivity index (χ0n) is 15.8. The zero-order chi connectivity index (χ0) is 17.8. The highest BCUT2D eigenvalue weighted by molar-refractivity contribution is 5.32. The first-order valence-corrected chi connectivity index (χ1v) is 9.78. The fourth-order valence-corrected chi connectivity index (χ4v) is 4.74. The molecule has 2 saturated heterocycles. The van der Waals surface area contributed by atoms with Gasteiger partial charge in [-0.25, -0.2) is 0 Å². The Hall–Kier alpha value is -1.69. The van der Waals surface area contributed by atoms with Crippen LogP contribution >= 0.6 is 0 Å². The Morgan fingerprint density at radius 2 is 2.04 bits per heavy atom. The van der Waals surface area contributed by atoms with E-state index in [-0.39, 0.29) is 0 Å². The topological polar surface area (TPSA) is 33.5 Å². The van der Waals surface area contributed by atoms with Gasteiger partial charge in [0.2, 0.25) is 0 Å². The second-order valence-electron chi connectivity index (χ2n) is 7.91. The van der Waals surface area contributed by atoms with E-state index in [2.05, 4.69) is 43.7 Å². The lowest BCUT2D eigenvalue weighted by Crippen LogP contribution is -2.45. The van der Waals surface area contributed by atoms with Crippen molar-refractivity contribution >= 4 is 0 Å². The SMILES string of the molecule is COCCN1CCC[C@@]2(CCN(Cc3cccn3-c3cccnc3)C2)C1. The van der Waals surface area contributed by atoms with Crippen LogP contribution in [0.2, 0.25) is 0 Å². The normalized spacial score (nSPS) is 24.5. The first kappa shape index (κ1) is 17.7. The maximum atomic E-state index is 5.28. The lowest BCUT2D eigenvalue weighted by Gasteiger charge is -2.40. The second-order valence-corrected chi connectivity index (χ2v) is 7.91. The number of rotatable bonds is 6. The molecular formula is C21H30N4O. The largest absolute Gasteiger partial charge is 0.383 e. The number of aromatic nitrogens is 2. The third-order valence-electron chi connectivity index (χ3n) is 6.01. The van der Waals surface area contributed by atoms with Gasteiger partial charge in [0.25, 0.3) is 0 Å². The molecule has 0 saturated carbocycles. The van der Waals surface area contributed by atoms with Gasteiger partial charge in [-0.3, -0.25) is 9.88 Å². The van der Waals surface area contributed by atoms with Crippen molar-refractivity contribution in [3.63, 3.8) is 0 Å². The third-order valence-corrected chi connectivity index (χ3v) is 6.01. The predicted molar refractivity (Wildman–Crippen MR) is 103 cm³/mol. The minimum Gasteiger partial charge on any atom is -0.383 e. The summed E-state index contributed by atoms with van der Waals surface area (Å²) in [5.41, 5.74) is 2.98. The van der Waals surface area contributed by atoms with E-state index in [9.17, 15) is 0 Å². The number of piperidine rings is 1. The molecule has 26 heavy (non-hydrogen) atoms. The predicted octanol–water partition coefficient (Wildman–Crippen LogP) is 2.81. The fourth-order valence-electron chi connectivity index (χ4n) is 4.74. The Bertz CT molecular complexity index is 701. The van der Waals surface area contributed by atoms with Crippen LogP contribution < -0.4 is 0 Å². The van der Waals surface area contributed by atoms with Gasteiger partial charge in [0, 0.05) is 51.4 Å². The molecule has 140 valence electrons. The minimum atomic E-state index is 0.484. The summed E-state index contributed by atoms with van der Waals surface area (Å²) in [5, 5.41) is 0. The van der Waals surface area contributed by atoms with E-state index in [4.69, 9.17) is 4.74 Å². The lowest BCUT2D eigenvalue weighted by molar-refractivity contribution is 0.0672. The van der Waals surface area contributed by atoms with Crippen LogP contribution in [0.25, 0.3) is 5.69 Å². The van der Waals surface area contributed by atoms with Crippen molar-refractivity contribution in [1.82, 2.24) is 19.4 Å². The number of hydrogen-bond acceptors (Lipinski definition) is 4. The van der Waals surface area contributed by atoms with Crippen LogP contribution in [0.5, 0.6) is 0 Å². The highest BCUT2D eigenvalue weighted by Gasteiger charge is 2.41. The van der Waals surface area contributed by atoms with Crippen LogP contribution in [-0.4, -0.2) is 65.8 Å². The van der Waals surface area contributed by atoms with Crippen LogP contribution in [0.1, 0.15) is 25.0 Å². The Kier molecular flexibility index (Phi) is 5.38. The molecule has 2 aromatic rings. The Morgan fingerprint density at radius 3 is 2.88 bits per heavy atom. The fraction of sp³-hybridized carbons (Fsp3) is 0.571. The lowest BCUT2D eigenvalue weighted by atomic mass is 9.79. The number of ether oxygens (including phenoxy) is 1. The molecule has 1 spiro atoms. The Labute approximate surface area is 156 Å². The molecule has 4 heterocycles. The Balaban J connectivity index is 1.40. The molecule has 5 nitrogen and oxygen atoms in total. The molecule has 0 unspecified atom stereocenters. The van der Waals surface area contributed by atoms with Gasteiger partial charge >= 0.3 is 0 Å². The van der Waals surface area contributed by atoms with Crippen LogP contribution in [0.4, 0.5) is 0 Å². The summed E-state index contributed by atoms with van der Waals surface area (Å²) in [7, 11) is 1.80. The van der Waals surface area contributed by atoms with Gasteiger partial charge in [-0.15, -0.1) is 0 Å². The molecule has 0 aliphatic carbocycles. The average Bonchev–Trinajstić information content (AvgIpc) is 3.28. The van der Waals surface area contributed by atoms with E-state index < -0.39 is 0 Å². The number of pyridine rings is 1. The van der Waals surface area contributed by atoms with Gasteiger partial charge in [0.15, 0.2) is 0 Å². The molecular weight excluding hydrogens is 324 g/mol. The van der Waals surface area contributed by atoms with Crippen molar-refractivity contribution in [3.05, 3.63) is 48.5 Å². The molecule has 4 rings (SSSR count). The molecule has 0 bridgehead atoms. The van der Waals surface area contributed by atoms with E-state index in [1.54, 1.807) is 7.11 Å². The first-order valence-electron chi connectivity index (χ1n) is 9.78. The summed E-state index contributed by atoms with van der Waals surface area (Å²) in [6.07, 6.45) is 9.93. The number of methoxy groups -OCH3 is 1. The average molecular weight is 354 g/mol. The standard InChI is InChI=1S/C21H30N4O/c1-26-14-13-23-10-4-7-21(17-23)8-12-24(18-21)16-20-6-3-11-25(20)19-5-2-9-22-15-19/h2-3,5-6,9,11,15H,4,7-8,10,12-14,16-18H2,1H3/t21-/m1/s1. The third kappa shape index (κ3) is 3.85. The molecule has 0 amide bonds. The van der Waals surface area contributed by atoms with E-state index in [0.29, 0.717) is 5.41 Å². The van der Waals surface area contributed by atoms with Crippen molar-refractivity contribution in [2.75, 3.05) is 46.4 Å². The first-order chi connectivity index (χ1) is 12.8. The molecule has 0 aromatic carbocycles. The van der Waals surface area contributed by atoms with E-state index in [1.165, 1.54) is 51.1 Å². The van der Waals surface area contributed by atoms with Crippen LogP contribution in [-0.2, 0) is 11.3 Å². The summed E-state index contributed by atoms with van der Waals surface area (Å²) in [5.74, 6) is 0. The van der Waals surface area contributed by atoms with Crippen LogP contribution in [0.3, 0.4) is 0 Å². The van der Waals surface area contributed by atoms with Gasteiger partial charge in [-0.1, -0.05) is 0 Å². The van der Waals surface area contributed by atoms with Gasteiger partial charge in [-0.2, -0.15) is 0 Å². The van der Waals surface area contributed by atoms with Gasteiger partial charge in [-0.05, 0) is 62.0 Å². The van der Waals surface area contributed by atoms with Crippen molar-refractivity contribution in [3.8, 4) is 5.69 Å². The van der Waals surface area contributed by atoms with Crippen molar-refractivity contribution < 1.29 is 4.74 Å². The monoisotopic (exact) mass is 354 g/mol. The number of likely N-dealkylation sites (tertiary alicyclic amines) is 2. The van der Waals surface area contributed by atoms with Crippen LogP contribution in [0.15, 0.2) is 42.9 Å². The highest BCUT2D eigenvalue weighted by Crippen LogP contribution is 2.39. The molecule has 0 radical (unpaired) electrons. The van der Waals surface area contributed by atoms with Gasteiger partial charge in [0.1, 0.15) is 0 Å². The minimum absolute atomic E-state index is 0.484. The van der Waals surface area contributed by atoms with Gasteiger partial charge in [0.05, 0.1) is 18.5 Å². The maximum Gasteiger partial charge on any atom is 0.0636 e. The number of nitrogens with zero attached hydrogens (tertiary/aromatic N) is 4. The second kappa shape index (κ2) is 7.91. The smallest absolute Gasteiger partial charge is 0.0636 e. The molecule has 2 aromatic heterocycles. The zero-order valence-corrected chi connectivity index (χ0v) is 15.8. The summed E-state index contributed by atoms with van der Waals surface area (Å²) in [4.78, 5) is 9.51. The maximum absolute atomic E-state index is 5.28. The summed E-state index contributed by atoms with van der Waals surface area (Å²) >= 11 is 0. The quantitative estimate of drug-likeness (QED) is 0.799. The summed E-state index contributed by atoms with van der Waals surface area (Å²) in [6, 6.07) is 8.50. The number of hydrogen-bond donors (Lipinski definition) is 0. The summed E-state index contributed by atoms with van der Waals surface area (Å²) < 4.78 is 7.55. The molecule has 2 fully saturated rings. The molecule has 5 heteroatoms. The Morgan fingerprint density at radius 1 is 1.12 bits per heavy atom. The highest BCUT2D eigenvalue weighted by atomic mass is 16.5. The van der Waals surface area contributed by atoms with Gasteiger partial charge < -0.3 is 14.2 Å².